The highest BCUT2D eigenvalue weighted by Gasteiger charge is 2.05. The first-order valence-electron chi connectivity index (χ1n) is 7.15. The lowest BCUT2D eigenvalue weighted by atomic mass is 10.1. The zero-order valence-electron chi connectivity index (χ0n) is 12.9. The summed E-state index contributed by atoms with van der Waals surface area (Å²) in [7, 11) is 3.34. The number of aryl methyl sites for hydroxylation is 2. The third kappa shape index (κ3) is 4.23. The number of aromatic nitrogens is 2. The number of hydrogen-bond donors (Lipinski definition) is 2. The Morgan fingerprint density at radius 1 is 1.19 bits per heavy atom. The Morgan fingerprint density at radius 2 is 2.05 bits per heavy atom. The van der Waals surface area contributed by atoms with Crippen LogP contribution in [0.15, 0.2) is 24.4 Å². The summed E-state index contributed by atoms with van der Waals surface area (Å²) < 4.78 is 10.6. The number of nitrogens with zero attached hydrogens (tertiary/aromatic N) is 1. The maximum absolute atomic E-state index is 5.39. The van der Waals surface area contributed by atoms with E-state index in [1.807, 2.05) is 24.4 Å². The van der Waals surface area contributed by atoms with Crippen LogP contribution in [-0.4, -0.2) is 31.0 Å². The van der Waals surface area contributed by atoms with Gasteiger partial charge in [0.25, 0.3) is 0 Å². The van der Waals surface area contributed by atoms with Crippen LogP contribution in [-0.2, 0) is 13.0 Å². The molecule has 0 fully saturated rings. The van der Waals surface area contributed by atoms with Crippen molar-refractivity contribution in [2.75, 3.05) is 20.8 Å². The van der Waals surface area contributed by atoms with Crippen LogP contribution in [0.3, 0.4) is 0 Å². The Hall–Kier alpha value is -2.01. The number of nitrogens with one attached hydrogen (secondary N) is 2. The lowest BCUT2D eigenvalue weighted by Gasteiger charge is -2.11. The van der Waals surface area contributed by atoms with E-state index >= 15 is 0 Å². The predicted molar refractivity (Wildman–Crippen MR) is 82.9 cm³/mol. The molecule has 0 unspecified atom stereocenters. The van der Waals surface area contributed by atoms with Crippen molar-refractivity contribution in [1.29, 1.82) is 0 Å². The topological polar surface area (TPSA) is 59.2 Å². The normalized spacial score (nSPS) is 10.6. The number of methoxy groups -OCH3 is 2. The number of aromatic amines is 1. The number of benzene rings is 1. The highest BCUT2D eigenvalue weighted by molar-refractivity contribution is 5.40. The first-order valence-corrected chi connectivity index (χ1v) is 7.15. The average Bonchev–Trinajstić information content (AvgIpc) is 2.92. The fraction of sp³-hybridized carbons (Fsp3) is 0.438. The first-order chi connectivity index (χ1) is 10.2. The summed E-state index contributed by atoms with van der Waals surface area (Å²) in [5.74, 6) is 1.67. The summed E-state index contributed by atoms with van der Waals surface area (Å²) in [6, 6.07) is 5.89. The van der Waals surface area contributed by atoms with E-state index in [9.17, 15) is 0 Å². The van der Waals surface area contributed by atoms with Crippen molar-refractivity contribution >= 4 is 0 Å². The van der Waals surface area contributed by atoms with E-state index in [-0.39, 0.29) is 0 Å². The van der Waals surface area contributed by atoms with Crippen molar-refractivity contribution in [3.8, 4) is 11.5 Å². The molecule has 1 aromatic heterocycles. The molecule has 0 saturated carbocycles. The maximum atomic E-state index is 5.39. The van der Waals surface area contributed by atoms with E-state index in [4.69, 9.17) is 9.47 Å². The quantitative estimate of drug-likeness (QED) is 0.733. The first kappa shape index (κ1) is 15.4. The van der Waals surface area contributed by atoms with Gasteiger partial charge in [-0.3, -0.25) is 5.10 Å². The Kier molecular flexibility index (Phi) is 5.63. The minimum absolute atomic E-state index is 0.789. The summed E-state index contributed by atoms with van der Waals surface area (Å²) >= 11 is 0. The van der Waals surface area contributed by atoms with Crippen molar-refractivity contribution in [3.05, 3.63) is 41.2 Å². The van der Waals surface area contributed by atoms with Crippen LogP contribution < -0.4 is 14.8 Å². The third-order valence-electron chi connectivity index (χ3n) is 3.54. The zero-order chi connectivity index (χ0) is 15.1. The molecule has 1 heterocycles. The van der Waals surface area contributed by atoms with Crippen LogP contribution in [0.25, 0.3) is 0 Å². The maximum Gasteiger partial charge on any atom is 0.127 e. The van der Waals surface area contributed by atoms with Gasteiger partial charge in [-0.2, -0.15) is 5.10 Å². The molecule has 0 aliphatic rings. The number of ether oxygens (including phenoxy) is 2. The van der Waals surface area contributed by atoms with Gasteiger partial charge in [-0.1, -0.05) is 6.07 Å². The molecule has 0 saturated heterocycles. The minimum atomic E-state index is 0.789. The highest BCUT2D eigenvalue weighted by Crippen LogP contribution is 2.24. The fourth-order valence-electron chi connectivity index (χ4n) is 2.25. The lowest BCUT2D eigenvalue weighted by molar-refractivity contribution is 0.390. The molecule has 0 radical (unpaired) electrons. The monoisotopic (exact) mass is 289 g/mol. The Morgan fingerprint density at radius 3 is 2.71 bits per heavy atom. The van der Waals surface area contributed by atoms with Crippen LogP contribution in [0.5, 0.6) is 11.5 Å². The molecule has 5 heteroatoms. The van der Waals surface area contributed by atoms with Gasteiger partial charge in [0.15, 0.2) is 0 Å². The standard InChI is InChI=1S/C16H23N3O2/c1-12-13(11-18-19-12)5-4-8-17-10-14-6-7-15(20-2)9-16(14)21-3/h6-7,9,11,17H,4-5,8,10H2,1-3H3,(H,18,19). The van der Waals surface area contributed by atoms with Crippen LogP contribution in [0, 0.1) is 6.92 Å². The third-order valence-corrected chi connectivity index (χ3v) is 3.54. The van der Waals surface area contributed by atoms with Gasteiger partial charge in [0, 0.05) is 23.9 Å². The van der Waals surface area contributed by atoms with Gasteiger partial charge >= 0.3 is 0 Å². The molecule has 0 bridgehead atoms. The van der Waals surface area contributed by atoms with Gasteiger partial charge in [0.05, 0.1) is 20.4 Å². The van der Waals surface area contributed by atoms with E-state index in [0.717, 1.165) is 48.7 Å². The molecule has 0 amide bonds. The second-order valence-electron chi connectivity index (χ2n) is 4.98. The molecule has 0 spiro atoms. The van der Waals surface area contributed by atoms with Crippen molar-refractivity contribution < 1.29 is 9.47 Å². The molecule has 21 heavy (non-hydrogen) atoms. The summed E-state index contributed by atoms with van der Waals surface area (Å²) in [6.45, 7) is 3.80. The largest absolute Gasteiger partial charge is 0.497 e. The zero-order valence-corrected chi connectivity index (χ0v) is 12.9. The molecule has 2 rings (SSSR count). The van der Waals surface area contributed by atoms with Gasteiger partial charge in [0.1, 0.15) is 11.5 Å². The van der Waals surface area contributed by atoms with Gasteiger partial charge < -0.3 is 14.8 Å². The summed E-state index contributed by atoms with van der Waals surface area (Å²) in [5.41, 5.74) is 3.59. The molecule has 2 N–H and O–H groups in total. The van der Waals surface area contributed by atoms with E-state index < -0.39 is 0 Å². The van der Waals surface area contributed by atoms with Crippen LogP contribution >= 0.6 is 0 Å². The molecular weight excluding hydrogens is 266 g/mol. The molecule has 114 valence electrons. The average molecular weight is 289 g/mol. The smallest absolute Gasteiger partial charge is 0.127 e. The van der Waals surface area contributed by atoms with E-state index in [2.05, 4.69) is 22.4 Å². The lowest BCUT2D eigenvalue weighted by Crippen LogP contribution is -2.16. The fourth-order valence-corrected chi connectivity index (χ4v) is 2.25. The molecular formula is C16H23N3O2. The molecule has 1 aromatic carbocycles. The van der Waals surface area contributed by atoms with Crippen molar-refractivity contribution in [2.45, 2.75) is 26.3 Å². The van der Waals surface area contributed by atoms with Gasteiger partial charge in [-0.05, 0) is 37.9 Å². The van der Waals surface area contributed by atoms with E-state index in [1.165, 1.54) is 5.56 Å². The Balaban J connectivity index is 1.77. The van der Waals surface area contributed by atoms with E-state index in [1.54, 1.807) is 14.2 Å². The number of hydrogen-bond acceptors (Lipinski definition) is 4. The van der Waals surface area contributed by atoms with Gasteiger partial charge in [0.2, 0.25) is 0 Å². The Labute approximate surface area is 125 Å². The van der Waals surface area contributed by atoms with E-state index in [0.29, 0.717) is 0 Å². The van der Waals surface area contributed by atoms with Gasteiger partial charge in [-0.25, -0.2) is 0 Å². The summed E-state index contributed by atoms with van der Waals surface area (Å²) in [6.07, 6.45) is 4.02. The second-order valence-corrected chi connectivity index (χ2v) is 4.98. The summed E-state index contributed by atoms with van der Waals surface area (Å²) in [4.78, 5) is 0. The van der Waals surface area contributed by atoms with Crippen LogP contribution in [0.1, 0.15) is 23.2 Å². The predicted octanol–water partition coefficient (Wildman–Crippen LogP) is 2.46. The van der Waals surface area contributed by atoms with Crippen molar-refractivity contribution in [2.24, 2.45) is 0 Å². The molecule has 0 aliphatic heterocycles. The number of H-pyrrole nitrogens is 1. The Bertz CT molecular complexity index is 566. The van der Waals surface area contributed by atoms with Gasteiger partial charge in [-0.15, -0.1) is 0 Å². The van der Waals surface area contributed by atoms with Crippen molar-refractivity contribution in [3.63, 3.8) is 0 Å². The van der Waals surface area contributed by atoms with Crippen LogP contribution in [0.4, 0.5) is 0 Å². The number of rotatable bonds is 8. The van der Waals surface area contributed by atoms with Crippen molar-refractivity contribution in [1.82, 2.24) is 15.5 Å². The molecule has 2 aromatic rings. The molecule has 5 nitrogen and oxygen atoms in total. The summed E-state index contributed by atoms with van der Waals surface area (Å²) in [5, 5.41) is 10.4. The minimum Gasteiger partial charge on any atom is -0.497 e. The second kappa shape index (κ2) is 7.69. The molecule has 0 aliphatic carbocycles. The highest BCUT2D eigenvalue weighted by atomic mass is 16.5. The molecule has 0 atom stereocenters. The SMILES string of the molecule is COc1ccc(CNCCCc2cn[nH]c2C)c(OC)c1. The van der Waals surface area contributed by atoms with Crippen LogP contribution in [0.2, 0.25) is 0 Å².